The third-order valence-electron chi connectivity index (χ3n) is 4.35. The number of nitrogens with zero attached hydrogens (tertiary/aromatic N) is 1. The smallest absolute Gasteiger partial charge is 0.251 e. The van der Waals surface area contributed by atoms with E-state index in [0.717, 1.165) is 12.0 Å². The summed E-state index contributed by atoms with van der Waals surface area (Å²) in [7, 11) is 0. The lowest BCUT2D eigenvalue weighted by molar-refractivity contribution is -0.114. The molecule has 0 saturated carbocycles. The molecule has 1 aliphatic carbocycles. The molecule has 0 saturated heterocycles. The molecule has 2 amide bonds. The standard InChI is InChI=1S/C19H25FN4O3/c1-4-14-8-19(10-21,17(14)27-9-12(2)20)11-23-18(26)15-5-6-22-16(7-15)24-13(3)25/h5-7,10,12,21H,4,8-9,11H2,1-3H3,(H,23,26)(H,22,24,25)/t12-,19?/m1/s1. The lowest BCUT2D eigenvalue weighted by Gasteiger charge is -2.42. The summed E-state index contributed by atoms with van der Waals surface area (Å²) in [5, 5.41) is 13.1. The molecule has 2 rings (SSSR count). The number of halogens is 1. The average molecular weight is 376 g/mol. The van der Waals surface area contributed by atoms with Gasteiger partial charge in [-0.1, -0.05) is 6.92 Å². The first kappa shape index (κ1) is 20.5. The Kier molecular flexibility index (Phi) is 6.65. The van der Waals surface area contributed by atoms with E-state index in [4.69, 9.17) is 10.1 Å². The van der Waals surface area contributed by atoms with Crippen molar-refractivity contribution in [2.24, 2.45) is 5.41 Å². The second kappa shape index (κ2) is 8.75. The van der Waals surface area contributed by atoms with Crippen molar-refractivity contribution < 1.29 is 18.7 Å². The fraction of sp³-hybridized carbons (Fsp3) is 0.474. The molecule has 0 bridgehead atoms. The van der Waals surface area contributed by atoms with Crippen molar-refractivity contribution in [1.82, 2.24) is 10.3 Å². The Balaban J connectivity index is 2.07. The number of anilines is 1. The molecule has 2 atom stereocenters. The minimum atomic E-state index is -1.11. The zero-order valence-corrected chi connectivity index (χ0v) is 15.8. The van der Waals surface area contributed by atoms with Crippen LogP contribution >= 0.6 is 0 Å². The van der Waals surface area contributed by atoms with Gasteiger partial charge in [-0.2, -0.15) is 0 Å². The van der Waals surface area contributed by atoms with Crippen LogP contribution < -0.4 is 10.6 Å². The molecular formula is C19H25FN4O3. The second-order valence-corrected chi connectivity index (χ2v) is 6.65. The molecule has 1 aromatic rings. The van der Waals surface area contributed by atoms with E-state index in [1.54, 1.807) is 0 Å². The molecule has 0 spiro atoms. The van der Waals surface area contributed by atoms with E-state index in [9.17, 15) is 14.0 Å². The largest absolute Gasteiger partial charge is 0.494 e. The number of hydrogen-bond acceptors (Lipinski definition) is 5. The zero-order chi connectivity index (χ0) is 20.0. The number of ether oxygens (including phenoxy) is 1. The van der Waals surface area contributed by atoms with Crippen LogP contribution in [0.15, 0.2) is 29.7 Å². The van der Waals surface area contributed by atoms with Gasteiger partial charge in [-0.15, -0.1) is 0 Å². The maximum atomic E-state index is 13.2. The Hall–Kier alpha value is -2.77. The number of nitrogens with one attached hydrogen (secondary N) is 3. The highest BCUT2D eigenvalue weighted by molar-refractivity contribution is 5.96. The quantitative estimate of drug-likeness (QED) is 0.577. The van der Waals surface area contributed by atoms with Crippen LogP contribution in [0.3, 0.4) is 0 Å². The second-order valence-electron chi connectivity index (χ2n) is 6.65. The molecule has 0 aliphatic heterocycles. The first-order valence-electron chi connectivity index (χ1n) is 8.84. The molecule has 7 nitrogen and oxygen atoms in total. The molecule has 3 N–H and O–H groups in total. The van der Waals surface area contributed by atoms with Crippen molar-refractivity contribution in [1.29, 1.82) is 5.41 Å². The van der Waals surface area contributed by atoms with Gasteiger partial charge in [0.25, 0.3) is 5.91 Å². The van der Waals surface area contributed by atoms with Crippen LogP contribution in [0.5, 0.6) is 0 Å². The Labute approximate surface area is 157 Å². The SMILES string of the molecule is CCC1=C(OC[C@@H](C)F)C(C=N)(CNC(=O)c2ccnc(NC(C)=O)c2)C1. The highest BCUT2D eigenvalue weighted by Crippen LogP contribution is 2.46. The number of carbonyl (C=O) groups excluding carboxylic acids is 2. The molecule has 0 aromatic carbocycles. The van der Waals surface area contributed by atoms with Crippen LogP contribution in [0, 0.1) is 10.8 Å². The number of alkyl halides is 1. The Morgan fingerprint density at radius 2 is 2.26 bits per heavy atom. The summed E-state index contributed by atoms with van der Waals surface area (Å²) in [4.78, 5) is 27.6. The van der Waals surface area contributed by atoms with Crippen molar-refractivity contribution in [3.05, 3.63) is 35.2 Å². The Morgan fingerprint density at radius 1 is 1.52 bits per heavy atom. The number of rotatable bonds is 9. The van der Waals surface area contributed by atoms with Crippen molar-refractivity contribution in [3.8, 4) is 0 Å². The normalized spacial score (nSPS) is 19.7. The fourth-order valence-corrected chi connectivity index (χ4v) is 2.99. The molecule has 0 fully saturated rings. The van der Waals surface area contributed by atoms with E-state index >= 15 is 0 Å². The summed E-state index contributed by atoms with van der Waals surface area (Å²) in [6, 6.07) is 3.01. The monoisotopic (exact) mass is 376 g/mol. The lowest BCUT2D eigenvalue weighted by Crippen LogP contribution is -2.46. The Bertz CT molecular complexity index is 763. The van der Waals surface area contributed by atoms with Crippen molar-refractivity contribution in [3.63, 3.8) is 0 Å². The van der Waals surface area contributed by atoms with Crippen LogP contribution in [0.1, 0.15) is 44.0 Å². The van der Waals surface area contributed by atoms with Gasteiger partial charge in [-0.05, 0) is 37.5 Å². The maximum absolute atomic E-state index is 13.2. The first-order chi connectivity index (χ1) is 12.8. The third-order valence-corrected chi connectivity index (χ3v) is 4.35. The van der Waals surface area contributed by atoms with E-state index < -0.39 is 11.6 Å². The molecule has 1 heterocycles. The van der Waals surface area contributed by atoms with Crippen molar-refractivity contribution in [2.45, 2.75) is 39.8 Å². The van der Waals surface area contributed by atoms with Crippen LogP contribution in [-0.2, 0) is 9.53 Å². The van der Waals surface area contributed by atoms with Crippen LogP contribution in [0.2, 0.25) is 0 Å². The zero-order valence-electron chi connectivity index (χ0n) is 15.8. The summed E-state index contributed by atoms with van der Waals surface area (Å²) in [6.45, 7) is 4.84. The van der Waals surface area contributed by atoms with Gasteiger partial charge in [0.05, 0.1) is 5.41 Å². The van der Waals surface area contributed by atoms with E-state index in [2.05, 4.69) is 15.6 Å². The van der Waals surface area contributed by atoms with Crippen molar-refractivity contribution in [2.75, 3.05) is 18.5 Å². The predicted molar refractivity (Wildman–Crippen MR) is 101 cm³/mol. The van der Waals surface area contributed by atoms with Gasteiger partial charge < -0.3 is 20.8 Å². The number of amides is 2. The molecule has 1 unspecified atom stereocenters. The molecule has 1 aromatic heterocycles. The lowest BCUT2D eigenvalue weighted by atomic mass is 9.68. The van der Waals surface area contributed by atoms with E-state index in [-0.39, 0.29) is 30.8 Å². The van der Waals surface area contributed by atoms with E-state index in [1.165, 1.54) is 38.4 Å². The van der Waals surface area contributed by atoms with Gasteiger partial charge in [0.1, 0.15) is 24.4 Å². The van der Waals surface area contributed by atoms with Crippen molar-refractivity contribution >= 4 is 23.8 Å². The van der Waals surface area contributed by atoms with E-state index in [1.807, 2.05) is 6.92 Å². The third kappa shape index (κ3) is 4.90. The van der Waals surface area contributed by atoms with Gasteiger partial charge >= 0.3 is 0 Å². The molecule has 146 valence electrons. The fourth-order valence-electron chi connectivity index (χ4n) is 2.99. The Morgan fingerprint density at radius 3 is 2.85 bits per heavy atom. The minimum Gasteiger partial charge on any atom is -0.494 e. The summed E-state index contributed by atoms with van der Waals surface area (Å²) < 4.78 is 18.8. The number of aromatic nitrogens is 1. The van der Waals surface area contributed by atoms with Crippen LogP contribution in [0.4, 0.5) is 10.2 Å². The minimum absolute atomic E-state index is 0.0766. The molecule has 27 heavy (non-hydrogen) atoms. The molecule has 0 radical (unpaired) electrons. The van der Waals surface area contributed by atoms with E-state index in [0.29, 0.717) is 17.7 Å². The first-order valence-corrected chi connectivity index (χ1v) is 8.84. The van der Waals surface area contributed by atoms with Gasteiger partial charge in [-0.3, -0.25) is 9.59 Å². The number of carbonyl (C=O) groups is 2. The van der Waals surface area contributed by atoms with Gasteiger partial charge in [0, 0.05) is 31.4 Å². The number of hydrogen-bond donors (Lipinski definition) is 3. The van der Waals surface area contributed by atoms with Gasteiger partial charge in [0.15, 0.2) is 0 Å². The average Bonchev–Trinajstić information content (AvgIpc) is 2.60. The number of pyridine rings is 1. The maximum Gasteiger partial charge on any atom is 0.251 e. The number of allylic oxidation sites excluding steroid dienone is 1. The molecule has 8 heteroatoms. The topological polar surface area (TPSA) is 104 Å². The summed E-state index contributed by atoms with van der Waals surface area (Å²) in [6.07, 6.45) is 2.92. The summed E-state index contributed by atoms with van der Waals surface area (Å²) >= 11 is 0. The predicted octanol–water partition coefficient (Wildman–Crippen LogP) is 2.85. The molecule has 1 aliphatic rings. The van der Waals surface area contributed by atoms with Crippen LogP contribution in [0.25, 0.3) is 0 Å². The highest BCUT2D eigenvalue weighted by Gasteiger charge is 2.45. The van der Waals surface area contributed by atoms with Crippen LogP contribution in [-0.4, -0.2) is 42.3 Å². The van der Waals surface area contributed by atoms with Gasteiger partial charge in [-0.25, -0.2) is 9.37 Å². The summed E-state index contributed by atoms with van der Waals surface area (Å²) in [5.74, 6) is 0.236. The van der Waals surface area contributed by atoms with Gasteiger partial charge in [0.2, 0.25) is 5.91 Å². The molecular weight excluding hydrogens is 351 g/mol. The highest BCUT2D eigenvalue weighted by atomic mass is 19.1. The summed E-state index contributed by atoms with van der Waals surface area (Å²) in [5.41, 5.74) is 0.627.